The summed E-state index contributed by atoms with van der Waals surface area (Å²) in [6.45, 7) is 0. The molecule has 0 saturated heterocycles. The van der Waals surface area contributed by atoms with Crippen LogP contribution in [0.2, 0.25) is 10.0 Å². The van der Waals surface area contributed by atoms with Gasteiger partial charge < -0.3 is 10.6 Å². The predicted octanol–water partition coefficient (Wildman–Crippen LogP) is 4.96. The van der Waals surface area contributed by atoms with Gasteiger partial charge in [0.1, 0.15) is 5.82 Å². The molecular formula is C12H8BrCl2N3S. The van der Waals surface area contributed by atoms with E-state index in [1.54, 1.807) is 24.4 Å². The fourth-order valence-electron chi connectivity index (χ4n) is 1.30. The lowest BCUT2D eigenvalue weighted by Crippen LogP contribution is -2.19. The maximum Gasteiger partial charge on any atom is 0.176 e. The van der Waals surface area contributed by atoms with Gasteiger partial charge in [0.05, 0.1) is 10.0 Å². The van der Waals surface area contributed by atoms with Crippen molar-refractivity contribution in [3.8, 4) is 0 Å². The van der Waals surface area contributed by atoms with Crippen LogP contribution in [0.1, 0.15) is 0 Å². The Morgan fingerprint density at radius 2 is 1.89 bits per heavy atom. The molecule has 2 aromatic rings. The first-order valence-electron chi connectivity index (χ1n) is 5.19. The number of rotatable bonds is 2. The summed E-state index contributed by atoms with van der Waals surface area (Å²) < 4.78 is 0.904. The number of thiocarbonyl (C=S) groups is 1. The molecule has 98 valence electrons. The molecule has 1 heterocycles. The molecule has 0 aliphatic carbocycles. The Hall–Kier alpha value is -0.880. The van der Waals surface area contributed by atoms with Crippen LogP contribution in [0.4, 0.5) is 11.5 Å². The second-order valence-corrected chi connectivity index (χ2v) is 5.71. The van der Waals surface area contributed by atoms with E-state index in [-0.39, 0.29) is 0 Å². The molecule has 2 rings (SSSR count). The number of hydrogen-bond acceptors (Lipinski definition) is 2. The van der Waals surface area contributed by atoms with E-state index in [0.29, 0.717) is 21.0 Å². The number of halogens is 3. The molecule has 0 bridgehead atoms. The Morgan fingerprint density at radius 3 is 2.53 bits per heavy atom. The van der Waals surface area contributed by atoms with E-state index in [2.05, 4.69) is 31.5 Å². The van der Waals surface area contributed by atoms with Crippen molar-refractivity contribution in [1.29, 1.82) is 0 Å². The Morgan fingerprint density at radius 1 is 1.11 bits per heavy atom. The molecule has 0 saturated carbocycles. The van der Waals surface area contributed by atoms with E-state index >= 15 is 0 Å². The van der Waals surface area contributed by atoms with Crippen molar-refractivity contribution in [3.63, 3.8) is 0 Å². The van der Waals surface area contributed by atoms with Gasteiger partial charge in [-0.2, -0.15) is 0 Å². The fourth-order valence-corrected chi connectivity index (χ4v) is 2.06. The van der Waals surface area contributed by atoms with Gasteiger partial charge in [0.2, 0.25) is 0 Å². The van der Waals surface area contributed by atoms with Gasteiger partial charge in [0, 0.05) is 16.4 Å². The smallest absolute Gasteiger partial charge is 0.176 e. The van der Waals surface area contributed by atoms with Crippen molar-refractivity contribution in [3.05, 3.63) is 51.0 Å². The lowest BCUT2D eigenvalue weighted by Gasteiger charge is -2.10. The Bertz CT molecular complexity index is 604. The van der Waals surface area contributed by atoms with Crippen molar-refractivity contribution in [2.24, 2.45) is 0 Å². The molecule has 2 N–H and O–H groups in total. The molecule has 0 amide bonds. The number of benzene rings is 1. The molecule has 0 atom stereocenters. The van der Waals surface area contributed by atoms with Gasteiger partial charge in [-0.1, -0.05) is 23.2 Å². The molecule has 0 aliphatic rings. The minimum atomic E-state index is 0.424. The zero-order chi connectivity index (χ0) is 13.8. The molecule has 3 nitrogen and oxygen atoms in total. The summed E-state index contributed by atoms with van der Waals surface area (Å²) in [5, 5.41) is 7.36. The van der Waals surface area contributed by atoms with Gasteiger partial charge in [-0.15, -0.1) is 0 Å². The zero-order valence-corrected chi connectivity index (χ0v) is 13.4. The number of nitrogens with one attached hydrogen (secondary N) is 2. The first-order valence-corrected chi connectivity index (χ1v) is 7.15. The highest BCUT2D eigenvalue weighted by molar-refractivity contribution is 9.10. The topological polar surface area (TPSA) is 37.0 Å². The number of pyridine rings is 1. The molecule has 0 unspecified atom stereocenters. The highest BCUT2D eigenvalue weighted by atomic mass is 79.9. The molecule has 19 heavy (non-hydrogen) atoms. The van der Waals surface area contributed by atoms with E-state index in [1.165, 1.54) is 0 Å². The Labute approximate surface area is 134 Å². The van der Waals surface area contributed by atoms with Crippen molar-refractivity contribution in [1.82, 2.24) is 4.98 Å². The third kappa shape index (κ3) is 4.31. The third-order valence-electron chi connectivity index (χ3n) is 2.15. The average Bonchev–Trinajstić information content (AvgIpc) is 2.37. The van der Waals surface area contributed by atoms with Gasteiger partial charge >= 0.3 is 0 Å². The molecular weight excluding hydrogens is 369 g/mol. The molecule has 1 aromatic heterocycles. The largest absolute Gasteiger partial charge is 0.332 e. The lowest BCUT2D eigenvalue weighted by atomic mass is 10.3. The molecule has 0 spiro atoms. The third-order valence-corrected chi connectivity index (χ3v) is 3.56. The van der Waals surface area contributed by atoms with Crippen molar-refractivity contribution in [2.45, 2.75) is 0 Å². The normalized spacial score (nSPS) is 10.1. The number of anilines is 2. The van der Waals surface area contributed by atoms with Gasteiger partial charge in [0.15, 0.2) is 5.11 Å². The van der Waals surface area contributed by atoms with Crippen molar-refractivity contribution < 1.29 is 0 Å². The maximum atomic E-state index is 5.92. The van der Waals surface area contributed by atoms with Crippen LogP contribution < -0.4 is 10.6 Å². The lowest BCUT2D eigenvalue weighted by molar-refractivity contribution is 1.31. The minimum Gasteiger partial charge on any atom is -0.332 e. The van der Waals surface area contributed by atoms with Crippen LogP contribution in [-0.4, -0.2) is 10.1 Å². The monoisotopic (exact) mass is 375 g/mol. The van der Waals surface area contributed by atoms with Crippen LogP contribution in [0.15, 0.2) is 41.0 Å². The van der Waals surface area contributed by atoms with Crippen LogP contribution >= 0.6 is 51.3 Å². The number of aromatic nitrogens is 1. The average molecular weight is 377 g/mol. The Kier molecular flexibility index (Phi) is 4.99. The standard InChI is InChI=1S/C12H8BrCl2N3S/c13-7-1-4-11(16-6-7)18-12(19)17-8-2-3-9(14)10(15)5-8/h1-6H,(H2,16,17,18,19). The number of nitrogens with zero attached hydrogens (tertiary/aromatic N) is 1. The highest BCUT2D eigenvalue weighted by Crippen LogP contribution is 2.25. The zero-order valence-electron chi connectivity index (χ0n) is 9.45. The summed E-state index contributed by atoms with van der Waals surface area (Å²) in [4.78, 5) is 4.16. The van der Waals surface area contributed by atoms with E-state index in [1.807, 2.05) is 12.1 Å². The van der Waals surface area contributed by atoms with E-state index in [0.717, 1.165) is 10.2 Å². The fraction of sp³-hybridized carbons (Fsp3) is 0. The molecule has 7 heteroatoms. The van der Waals surface area contributed by atoms with E-state index < -0.39 is 0 Å². The molecule has 0 fully saturated rings. The van der Waals surface area contributed by atoms with Crippen LogP contribution in [0.3, 0.4) is 0 Å². The summed E-state index contributed by atoms with van der Waals surface area (Å²) in [6.07, 6.45) is 1.68. The van der Waals surface area contributed by atoms with E-state index in [4.69, 9.17) is 35.4 Å². The second kappa shape index (κ2) is 6.52. The van der Waals surface area contributed by atoms with Crippen LogP contribution in [0.5, 0.6) is 0 Å². The SMILES string of the molecule is S=C(Nc1ccc(Cl)c(Cl)c1)Nc1ccc(Br)cn1. The van der Waals surface area contributed by atoms with Crippen molar-refractivity contribution >= 4 is 68.0 Å². The van der Waals surface area contributed by atoms with Crippen LogP contribution in [0, 0.1) is 0 Å². The van der Waals surface area contributed by atoms with Gasteiger partial charge in [-0.25, -0.2) is 4.98 Å². The van der Waals surface area contributed by atoms with Gasteiger partial charge in [-0.05, 0) is 58.5 Å². The Balaban J connectivity index is 2.01. The summed E-state index contributed by atoms with van der Waals surface area (Å²) in [5.74, 6) is 0.653. The van der Waals surface area contributed by atoms with Crippen molar-refractivity contribution in [2.75, 3.05) is 10.6 Å². The first kappa shape index (κ1) is 14.5. The number of hydrogen-bond donors (Lipinski definition) is 2. The van der Waals surface area contributed by atoms with Crippen LogP contribution in [-0.2, 0) is 0 Å². The second-order valence-electron chi connectivity index (χ2n) is 3.57. The maximum absolute atomic E-state index is 5.92. The summed E-state index contributed by atoms with van der Waals surface area (Å²) >= 11 is 20.3. The summed E-state index contributed by atoms with van der Waals surface area (Å²) in [6, 6.07) is 8.88. The highest BCUT2D eigenvalue weighted by Gasteiger charge is 2.02. The minimum absolute atomic E-state index is 0.424. The predicted molar refractivity (Wildman–Crippen MR) is 88.2 cm³/mol. The molecule has 0 radical (unpaired) electrons. The van der Waals surface area contributed by atoms with Gasteiger partial charge in [0.25, 0.3) is 0 Å². The summed E-state index contributed by atoms with van der Waals surface area (Å²) in [7, 11) is 0. The first-order chi connectivity index (χ1) is 9.04. The van der Waals surface area contributed by atoms with Crippen LogP contribution in [0.25, 0.3) is 0 Å². The molecule has 1 aromatic carbocycles. The van der Waals surface area contributed by atoms with E-state index in [9.17, 15) is 0 Å². The quantitative estimate of drug-likeness (QED) is 0.726. The summed E-state index contributed by atoms with van der Waals surface area (Å²) in [5.41, 5.74) is 0.754. The molecule has 0 aliphatic heterocycles. The van der Waals surface area contributed by atoms with Gasteiger partial charge in [-0.3, -0.25) is 0 Å².